The van der Waals surface area contributed by atoms with Crippen LogP contribution >= 0.6 is 0 Å². The van der Waals surface area contributed by atoms with Crippen LogP contribution in [0.4, 0.5) is 0 Å². The van der Waals surface area contributed by atoms with E-state index in [0.29, 0.717) is 41.5 Å². The van der Waals surface area contributed by atoms with Crippen LogP contribution in [0.25, 0.3) is 0 Å². The minimum Gasteiger partial charge on any atom is -0.493 e. The Morgan fingerprint density at radius 2 is 2.04 bits per heavy atom. The number of nitrogens with zero attached hydrogens (tertiary/aromatic N) is 2. The van der Waals surface area contributed by atoms with Crippen molar-refractivity contribution in [3.05, 3.63) is 17.2 Å². The lowest BCUT2D eigenvalue weighted by Crippen LogP contribution is -2.34. The Hall–Kier alpha value is -2.46. The zero-order valence-electron chi connectivity index (χ0n) is 14.0. The molecule has 3 rings (SSSR count). The Labute approximate surface area is 140 Å². The molecule has 7 heteroatoms. The van der Waals surface area contributed by atoms with Crippen LogP contribution in [0.15, 0.2) is 6.07 Å². The Bertz CT molecular complexity index is 691. The molecule has 2 atom stereocenters. The van der Waals surface area contributed by atoms with Gasteiger partial charge >= 0.3 is 0 Å². The summed E-state index contributed by atoms with van der Waals surface area (Å²) in [7, 11) is 4.46. The second-order valence-electron chi connectivity index (χ2n) is 5.73. The molecule has 128 valence electrons. The third kappa shape index (κ3) is 2.43. The van der Waals surface area contributed by atoms with E-state index in [2.05, 4.69) is 6.07 Å². The molecule has 7 nitrogen and oxygen atoms in total. The molecule has 2 unspecified atom stereocenters. The molecule has 2 heterocycles. The molecule has 0 N–H and O–H groups in total. The molecule has 1 aromatic carbocycles. The van der Waals surface area contributed by atoms with Crippen LogP contribution in [0.5, 0.6) is 17.2 Å². The number of benzene rings is 1. The summed E-state index contributed by atoms with van der Waals surface area (Å²) in [5.41, 5.74) is 0.940. The molecule has 0 radical (unpaired) electrons. The molecular formula is C17H20N2O5. The summed E-state index contributed by atoms with van der Waals surface area (Å²) in [6.45, 7) is 1.08. The van der Waals surface area contributed by atoms with E-state index in [0.717, 1.165) is 12.8 Å². The summed E-state index contributed by atoms with van der Waals surface area (Å²) >= 11 is 0. The first-order chi connectivity index (χ1) is 11.7. The lowest BCUT2D eigenvalue weighted by atomic mass is 10.0. The summed E-state index contributed by atoms with van der Waals surface area (Å²) in [6, 6.07) is 3.20. The monoisotopic (exact) mass is 332 g/mol. The average molecular weight is 332 g/mol. The topological polar surface area (TPSA) is 81.0 Å². The van der Waals surface area contributed by atoms with Crippen molar-refractivity contribution in [2.45, 2.75) is 25.0 Å². The third-order valence-corrected chi connectivity index (χ3v) is 4.49. The molecule has 0 spiro atoms. The first-order valence-electron chi connectivity index (χ1n) is 7.81. The highest BCUT2D eigenvalue weighted by molar-refractivity contribution is 6.03. The Balaban J connectivity index is 2.07. The van der Waals surface area contributed by atoms with Crippen LogP contribution in [0.3, 0.4) is 0 Å². The van der Waals surface area contributed by atoms with Gasteiger partial charge in [-0.2, -0.15) is 5.26 Å². The van der Waals surface area contributed by atoms with Gasteiger partial charge in [0.25, 0.3) is 5.91 Å². The smallest absolute Gasteiger partial charge is 0.259 e. The van der Waals surface area contributed by atoms with Crippen molar-refractivity contribution >= 4 is 5.91 Å². The van der Waals surface area contributed by atoms with E-state index in [4.69, 9.17) is 18.9 Å². The van der Waals surface area contributed by atoms with Gasteiger partial charge in [0, 0.05) is 18.7 Å². The predicted molar refractivity (Wildman–Crippen MR) is 84.5 cm³/mol. The number of ether oxygens (including phenoxy) is 4. The second-order valence-corrected chi connectivity index (χ2v) is 5.73. The maximum atomic E-state index is 12.9. The van der Waals surface area contributed by atoms with Crippen molar-refractivity contribution in [2.24, 2.45) is 0 Å². The van der Waals surface area contributed by atoms with E-state index in [1.807, 2.05) is 0 Å². The molecule has 1 saturated heterocycles. The fraction of sp³-hybridized carbons (Fsp3) is 0.529. The van der Waals surface area contributed by atoms with E-state index >= 15 is 0 Å². The maximum Gasteiger partial charge on any atom is 0.259 e. The highest BCUT2D eigenvalue weighted by Crippen LogP contribution is 2.48. The van der Waals surface area contributed by atoms with Gasteiger partial charge < -0.3 is 23.8 Å². The fourth-order valence-corrected chi connectivity index (χ4v) is 3.38. The Kier molecular flexibility index (Phi) is 4.49. The minimum atomic E-state index is -0.689. The Morgan fingerprint density at radius 3 is 2.58 bits per heavy atom. The van der Waals surface area contributed by atoms with E-state index in [1.165, 1.54) is 21.3 Å². The third-order valence-electron chi connectivity index (χ3n) is 4.49. The van der Waals surface area contributed by atoms with Crippen molar-refractivity contribution in [2.75, 3.05) is 34.5 Å². The Morgan fingerprint density at radius 1 is 1.29 bits per heavy atom. The van der Waals surface area contributed by atoms with Gasteiger partial charge in [-0.3, -0.25) is 4.79 Å². The highest BCUT2D eigenvalue weighted by Gasteiger charge is 2.43. The summed E-state index contributed by atoms with van der Waals surface area (Å²) in [5.74, 6) is 0.833. The SMILES string of the molecule is COc1cc2c(c(OC)c1OC)C(=O)N(CC1CCCO1)C2C#N. The average Bonchev–Trinajstić information content (AvgIpc) is 3.20. The van der Waals surface area contributed by atoms with Gasteiger partial charge in [0.2, 0.25) is 5.75 Å². The maximum absolute atomic E-state index is 12.9. The standard InChI is InChI=1S/C17H20N2O5/c1-21-13-7-11-12(8-18)19(9-10-5-4-6-24-10)17(20)14(11)16(23-3)15(13)22-2/h7,10,12H,4-6,9H2,1-3H3. The van der Waals surface area contributed by atoms with Crippen LogP contribution in [0.1, 0.15) is 34.8 Å². The number of amides is 1. The first kappa shape index (κ1) is 16.4. The molecule has 0 saturated carbocycles. The number of carbonyl (C=O) groups is 1. The number of hydrogen-bond donors (Lipinski definition) is 0. The summed E-state index contributed by atoms with van der Waals surface area (Å²) in [4.78, 5) is 14.5. The molecule has 0 bridgehead atoms. The van der Waals surface area contributed by atoms with Crippen molar-refractivity contribution in [3.8, 4) is 23.3 Å². The zero-order valence-corrected chi connectivity index (χ0v) is 14.0. The van der Waals surface area contributed by atoms with Gasteiger partial charge in [-0.15, -0.1) is 0 Å². The molecule has 0 aliphatic carbocycles. The number of carbonyl (C=O) groups excluding carboxylic acids is 1. The number of fused-ring (bicyclic) bond motifs is 1. The van der Waals surface area contributed by atoms with Crippen LogP contribution in [-0.2, 0) is 4.74 Å². The van der Waals surface area contributed by atoms with Gasteiger partial charge in [-0.1, -0.05) is 0 Å². The molecule has 1 amide bonds. The number of methoxy groups -OCH3 is 3. The van der Waals surface area contributed by atoms with Crippen LogP contribution in [-0.4, -0.2) is 51.4 Å². The summed E-state index contributed by atoms with van der Waals surface area (Å²) < 4.78 is 21.7. The number of hydrogen-bond acceptors (Lipinski definition) is 6. The summed E-state index contributed by atoms with van der Waals surface area (Å²) in [5, 5.41) is 9.63. The van der Waals surface area contributed by atoms with E-state index in [-0.39, 0.29) is 12.0 Å². The van der Waals surface area contributed by atoms with E-state index in [9.17, 15) is 10.1 Å². The number of nitriles is 1. The predicted octanol–water partition coefficient (Wildman–Crippen LogP) is 1.91. The molecule has 1 fully saturated rings. The minimum absolute atomic E-state index is 0.0334. The van der Waals surface area contributed by atoms with Gasteiger partial charge in [0.05, 0.1) is 39.1 Å². The second kappa shape index (κ2) is 6.57. The van der Waals surface area contributed by atoms with Crippen LogP contribution < -0.4 is 14.2 Å². The highest BCUT2D eigenvalue weighted by atomic mass is 16.5. The van der Waals surface area contributed by atoms with Gasteiger partial charge in [-0.05, 0) is 18.9 Å². The fourth-order valence-electron chi connectivity index (χ4n) is 3.38. The lowest BCUT2D eigenvalue weighted by molar-refractivity contribution is 0.0510. The van der Waals surface area contributed by atoms with Gasteiger partial charge in [0.1, 0.15) is 6.04 Å². The summed E-state index contributed by atoms with van der Waals surface area (Å²) in [6.07, 6.45) is 1.83. The number of rotatable bonds is 5. The molecule has 0 aromatic heterocycles. The largest absolute Gasteiger partial charge is 0.493 e. The first-order valence-corrected chi connectivity index (χ1v) is 7.81. The van der Waals surface area contributed by atoms with Crippen molar-refractivity contribution < 1.29 is 23.7 Å². The van der Waals surface area contributed by atoms with Crippen LogP contribution in [0.2, 0.25) is 0 Å². The van der Waals surface area contributed by atoms with Crippen LogP contribution in [0, 0.1) is 11.3 Å². The quantitative estimate of drug-likeness (QED) is 0.819. The molecular weight excluding hydrogens is 312 g/mol. The molecule has 24 heavy (non-hydrogen) atoms. The molecule has 2 aliphatic rings. The van der Waals surface area contributed by atoms with E-state index in [1.54, 1.807) is 11.0 Å². The van der Waals surface area contributed by atoms with Crippen molar-refractivity contribution in [1.82, 2.24) is 4.90 Å². The normalized spacial score (nSPS) is 22.2. The zero-order chi connectivity index (χ0) is 17.3. The van der Waals surface area contributed by atoms with Gasteiger partial charge in [0.15, 0.2) is 11.5 Å². The lowest BCUT2D eigenvalue weighted by Gasteiger charge is -2.23. The van der Waals surface area contributed by atoms with Crippen molar-refractivity contribution in [3.63, 3.8) is 0 Å². The van der Waals surface area contributed by atoms with E-state index < -0.39 is 6.04 Å². The molecule has 2 aliphatic heterocycles. The van der Waals surface area contributed by atoms with Gasteiger partial charge in [-0.25, -0.2) is 0 Å². The molecule has 1 aromatic rings. The van der Waals surface area contributed by atoms with Crippen molar-refractivity contribution in [1.29, 1.82) is 5.26 Å².